The number of hydrogen-bond donors (Lipinski definition) is 2. The van der Waals surface area contributed by atoms with Gasteiger partial charge in [-0.25, -0.2) is 0 Å². The fourth-order valence-electron chi connectivity index (χ4n) is 7.51. The number of piperazine rings is 1. The second kappa shape index (κ2) is 11.6. The zero-order chi connectivity index (χ0) is 24.0. The molecule has 1 aromatic carbocycles. The van der Waals surface area contributed by atoms with Gasteiger partial charge in [0.2, 0.25) is 5.91 Å². The topological polar surface area (TPSA) is 61.6 Å². The van der Waals surface area contributed by atoms with E-state index >= 15 is 0 Å². The van der Waals surface area contributed by atoms with E-state index in [9.17, 15) is 18.0 Å². The van der Waals surface area contributed by atoms with Crippen LogP contribution in [0.4, 0.5) is 24.5 Å². The number of halogens is 5. The van der Waals surface area contributed by atoms with Crippen molar-refractivity contribution in [2.75, 3.05) is 36.8 Å². The third-order valence-electron chi connectivity index (χ3n) is 8.86. The minimum absolute atomic E-state index is 0. The van der Waals surface area contributed by atoms with Gasteiger partial charge < -0.3 is 16.0 Å². The molecule has 10 heteroatoms. The highest BCUT2D eigenvalue weighted by atomic mass is 35.5. The first kappa shape index (κ1) is 29.2. The monoisotopic (exact) mass is 550 g/mol. The number of anilines is 2. The van der Waals surface area contributed by atoms with Crippen LogP contribution in [0, 0.1) is 29.6 Å². The van der Waals surface area contributed by atoms with Crippen molar-refractivity contribution >= 4 is 42.1 Å². The number of nitrogens with zero attached hydrogens (tertiary/aromatic N) is 2. The van der Waals surface area contributed by atoms with Crippen LogP contribution in [-0.4, -0.2) is 43.2 Å². The molecule has 5 fully saturated rings. The molecule has 204 valence electrons. The van der Waals surface area contributed by atoms with Crippen molar-refractivity contribution in [3.05, 3.63) is 23.8 Å². The molecule has 0 radical (unpaired) electrons. The number of nitrogens with two attached hydrogens (primary N) is 1. The molecule has 6 rings (SSSR count). The highest BCUT2D eigenvalue weighted by Crippen LogP contribution is 2.56. The summed E-state index contributed by atoms with van der Waals surface area (Å²) >= 11 is 0. The number of nitrogen functional groups attached to an aromatic ring is 1. The van der Waals surface area contributed by atoms with Crippen molar-refractivity contribution < 1.29 is 18.0 Å². The van der Waals surface area contributed by atoms with Gasteiger partial charge in [-0.15, -0.1) is 24.8 Å². The van der Waals surface area contributed by atoms with E-state index in [1.807, 2.05) is 4.90 Å². The van der Waals surface area contributed by atoms with Gasteiger partial charge in [0.05, 0.1) is 11.7 Å². The van der Waals surface area contributed by atoms with E-state index in [0.717, 1.165) is 30.7 Å². The van der Waals surface area contributed by atoms with Gasteiger partial charge in [-0.3, -0.25) is 9.69 Å². The molecule has 4 bridgehead atoms. The Morgan fingerprint density at radius 3 is 2.14 bits per heavy atom. The van der Waals surface area contributed by atoms with Gasteiger partial charge >= 0.3 is 6.18 Å². The van der Waals surface area contributed by atoms with E-state index in [1.54, 1.807) is 6.07 Å². The Balaban J connectivity index is 0.00000180. The van der Waals surface area contributed by atoms with Gasteiger partial charge in [-0.1, -0.05) is 13.3 Å². The number of alkyl halides is 3. The number of amides is 1. The number of rotatable bonds is 6. The van der Waals surface area contributed by atoms with E-state index in [2.05, 4.69) is 17.1 Å². The molecule has 0 aromatic heterocycles. The first-order chi connectivity index (χ1) is 16.2. The molecule has 5 aliphatic rings. The quantitative estimate of drug-likeness (QED) is 0.454. The Bertz CT molecular complexity index is 880. The lowest BCUT2D eigenvalue weighted by atomic mass is 9.51. The van der Waals surface area contributed by atoms with Crippen LogP contribution in [-0.2, 0) is 11.0 Å². The predicted molar refractivity (Wildman–Crippen MR) is 142 cm³/mol. The Morgan fingerprint density at radius 1 is 1.03 bits per heavy atom. The fraction of sp³-hybridized carbons (Fsp3) is 0.731. The van der Waals surface area contributed by atoms with Crippen molar-refractivity contribution in [1.29, 1.82) is 0 Å². The van der Waals surface area contributed by atoms with Gasteiger partial charge in [0.1, 0.15) is 0 Å². The SMILES string of the molecule is CCCC(NC(=O)C1C2CC3CC(C2)CC1C3)N1CCN(c2ccc(N)c(C(F)(F)F)c2)CC1.Cl.Cl. The first-order valence-electron chi connectivity index (χ1n) is 13.0. The summed E-state index contributed by atoms with van der Waals surface area (Å²) in [6.07, 6.45) is 3.67. The molecule has 0 spiro atoms. The van der Waals surface area contributed by atoms with Gasteiger partial charge in [-0.05, 0) is 80.4 Å². The fourth-order valence-corrected chi connectivity index (χ4v) is 7.51. The van der Waals surface area contributed by atoms with Crippen LogP contribution < -0.4 is 16.0 Å². The summed E-state index contributed by atoms with van der Waals surface area (Å²) < 4.78 is 39.9. The highest BCUT2D eigenvalue weighted by Gasteiger charge is 2.51. The smallest absolute Gasteiger partial charge is 0.398 e. The minimum atomic E-state index is -4.46. The molecule has 36 heavy (non-hydrogen) atoms. The molecule has 1 unspecified atom stereocenters. The van der Waals surface area contributed by atoms with Crippen LogP contribution >= 0.6 is 24.8 Å². The summed E-state index contributed by atoms with van der Waals surface area (Å²) in [7, 11) is 0. The van der Waals surface area contributed by atoms with E-state index < -0.39 is 11.7 Å². The van der Waals surface area contributed by atoms with Crippen LogP contribution in [0.3, 0.4) is 0 Å². The maximum absolute atomic E-state index is 13.4. The molecule has 1 amide bonds. The Morgan fingerprint density at radius 2 is 1.61 bits per heavy atom. The van der Waals surface area contributed by atoms with Crippen LogP contribution in [0.5, 0.6) is 0 Å². The zero-order valence-electron chi connectivity index (χ0n) is 20.8. The van der Waals surface area contributed by atoms with Crippen LogP contribution in [0.15, 0.2) is 18.2 Å². The molecule has 4 saturated carbocycles. The lowest BCUT2D eigenvalue weighted by molar-refractivity contribution is -0.140. The maximum Gasteiger partial charge on any atom is 0.418 e. The van der Waals surface area contributed by atoms with Crippen molar-refractivity contribution in [3.63, 3.8) is 0 Å². The molecule has 1 atom stereocenters. The van der Waals surface area contributed by atoms with Crippen molar-refractivity contribution in [2.45, 2.75) is 64.2 Å². The highest BCUT2D eigenvalue weighted by molar-refractivity contribution is 5.85. The Hall–Kier alpha value is -1.38. The number of nitrogens with one attached hydrogen (secondary N) is 1. The molecule has 1 heterocycles. The number of carbonyl (C=O) groups is 1. The first-order valence-corrected chi connectivity index (χ1v) is 13.0. The van der Waals surface area contributed by atoms with E-state index in [-0.39, 0.29) is 48.5 Å². The van der Waals surface area contributed by atoms with Gasteiger partial charge in [-0.2, -0.15) is 13.2 Å². The minimum Gasteiger partial charge on any atom is -0.398 e. The number of hydrogen-bond acceptors (Lipinski definition) is 4. The second-order valence-corrected chi connectivity index (χ2v) is 11.1. The second-order valence-electron chi connectivity index (χ2n) is 11.1. The molecule has 1 aromatic rings. The average Bonchev–Trinajstić information content (AvgIpc) is 2.78. The largest absolute Gasteiger partial charge is 0.418 e. The zero-order valence-corrected chi connectivity index (χ0v) is 22.4. The molecule has 3 N–H and O–H groups in total. The van der Waals surface area contributed by atoms with Gasteiger partial charge in [0, 0.05) is 43.5 Å². The van der Waals surface area contributed by atoms with E-state index in [0.29, 0.717) is 43.7 Å². The Kier molecular flexibility index (Phi) is 9.37. The molecule has 1 saturated heterocycles. The number of benzene rings is 1. The molecular weight excluding hydrogens is 512 g/mol. The van der Waals surface area contributed by atoms with Crippen molar-refractivity contribution in [2.24, 2.45) is 29.6 Å². The standard InChI is InChI=1S/C26H37F3N4O.2ClH/c1-2-3-23(31-25(34)24-18-11-16-10-17(13-18)14-19(24)12-16)33-8-6-32(7-9-33)20-4-5-22(30)21(15-20)26(27,28)29;;/h4-5,15-19,23-24H,2-3,6-14,30H2,1H3,(H,31,34);2*1H. The third-order valence-corrected chi connectivity index (χ3v) is 8.86. The summed E-state index contributed by atoms with van der Waals surface area (Å²) in [5, 5.41) is 3.41. The molecule has 4 aliphatic carbocycles. The van der Waals surface area contributed by atoms with Gasteiger partial charge in [0.15, 0.2) is 0 Å². The average molecular weight is 552 g/mol. The van der Waals surface area contributed by atoms with Crippen LogP contribution in [0.1, 0.15) is 57.4 Å². The molecule has 1 aliphatic heterocycles. The van der Waals surface area contributed by atoms with Crippen molar-refractivity contribution in [1.82, 2.24) is 10.2 Å². The lowest BCUT2D eigenvalue weighted by Gasteiger charge is -2.54. The maximum atomic E-state index is 13.4. The lowest BCUT2D eigenvalue weighted by Crippen LogP contribution is -2.59. The summed E-state index contributed by atoms with van der Waals surface area (Å²) in [4.78, 5) is 17.7. The molecule has 5 nitrogen and oxygen atoms in total. The number of carbonyl (C=O) groups excluding carboxylic acids is 1. The summed E-state index contributed by atoms with van der Waals surface area (Å²) in [6, 6.07) is 4.16. The predicted octanol–water partition coefficient (Wildman–Crippen LogP) is 5.57. The summed E-state index contributed by atoms with van der Waals surface area (Å²) in [5.74, 6) is 3.22. The van der Waals surface area contributed by atoms with Gasteiger partial charge in [0.25, 0.3) is 0 Å². The van der Waals surface area contributed by atoms with E-state index in [4.69, 9.17) is 5.73 Å². The summed E-state index contributed by atoms with van der Waals surface area (Å²) in [5.41, 5.74) is 5.09. The summed E-state index contributed by atoms with van der Waals surface area (Å²) in [6.45, 7) is 4.78. The van der Waals surface area contributed by atoms with E-state index in [1.165, 1.54) is 38.2 Å². The normalized spacial score (nSPS) is 30.3. The van der Waals surface area contributed by atoms with Crippen molar-refractivity contribution in [3.8, 4) is 0 Å². The van der Waals surface area contributed by atoms with Crippen LogP contribution in [0.2, 0.25) is 0 Å². The molecular formula is C26H39Cl2F3N4O. The van der Waals surface area contributed by atoms with Crippen LogP contribution in [0.25, 0.3) is 0 Å². The third kappa shape index (κ3) is 5.86. The Labute approximate surface area is 224 Å².